The van der Waals surface area contributed by atoms with Gasteiger partial charge >= 0.3 is 0 Å². The summed E-state index contributed by atoms with van der Waals surface area (Å²) < 4.78 is 2.89. The van der Waals surface area contributed by atoms with E-state index < -0.39 is 0 Å². The van der Waals surface area contributed by atoms with Gasteiger partial charge in [0.15, 0.2) is 5.82 Å². The van der Waals surface area contributed by atoms with Crippen molar-refractivity contribution >= 4 is 11.6 Å². The van der Waals surface area contributed by atoms with Crippen LogP contribution in [0.1, 0.15) is 23.4 Å². The van der Waals surface area contributed by atoms with Gasteiger partial charge < -0.3 is 4.90 Å². The lowest BCUT2D eigenvalue weighted by Crippen LogP contribution is -2.40. The van der Waals surface area contributed by atoms with Gasteiger partial charge in [-0.15, -0.1) is 5.10 Å². The number of carbonyl (C=O) groups is 1. The molecule has 0 saturated carbocycles. The number of benzene rings is 1. The highest BCUT2D eigenvalue weighted by Gasteiger charge is 2.23. The van der Waals surface area contributed by atoms with Crippen LogP contribution in [0.15, 0.2) is 47.3 Å². The predicted octanol–water partition coefficient (Wildman–Crippen LogP) is 2.03. The first-order valence-corrected chi connectivity index (χ1v) is 9.03. The Labute approximate surface area is 156 Å². The predicted molar refractivity (Wildman–Crippen MR) is 102 cm³/mol. The summed E-state index contributed by atoms with van der Waals surface area (Å²) in [6, 6.07) is 12.9. The second-order valence-electron chi connectivity index (χ2n) is 6.80. The van der Waals surface area contributed by atoms with Crippen molar-refractivity contribution in [2.75, 3.05) is 11.4 Å². The average Bonchev–Trinajstić information content (AvgIpc) is 3.01. The SMILES string of the molecule is Cc1cc(C)n(-c2ccc(=O)n(CC(=O)N3CCCc4ccccc43)n2)n1. The van der Waals surface area contributed by atoms with Crippen LogP contribution < -0.4 is 10.5 Å². The normalized spacial score (nSPS) is 13.5. The van der Waals surface area contributed by atoms with E-state index in [4.69, 9.17) is 0 Å². The Kier molecular flexibility index (Phi) is 4.35. The topological polar surface area (TPSA) is 73.0 Å². The van der Waals surface area contributed by atoms with Gasteiger partial charge in [-0.1, -0.05) is 18.2 Å². The third kappa shape index (κ3) is 3.28. The summed E-state index contributed by atoms with van der Waals surface area (Å²) in [5, 5.41) is 8.76. The summed E-state index contributed by atoms with van der Waals surface area (Å²) in [5.41, 5.74) is 3.57. The lowest BCUT2D eigenvalue weighted by molar-refractivity contribution is -0.119. The number of fused-ring (bicyclic) bond motifs is 1. The summed E-state index contributed by atoms with van der Waals surface area (Å²) in [6.07, 6.45) is 1.88. The van der Waals surface area contributed by atoms with Crippen LogP contribution in [0.25, 0.3) is 5.82 Å². The number of carbonyl (C=O) groups excluding carboxylic acids is 1. The van der Waals surface area contributed by atoms with Crippen molar-refractivity contribution in [3.8, 4) is 5.82 Å². The van der Waals surface area contributed by atoms with Crippen LogP contribution in [-0.4, -0.2) is 32.0 Å². The van der Waals surface area contributed by atoms with E-state index in [0.717, 1.165) is 35.5 Å². The fourth-order valence-electron chi connectivity index (χ4n) is 3.53. The Morgan fingerprint density at radius 1 is 1.11 bits per heavy atom. The van der Waals surface area contributed by atoms with Crippen molar-refractivity contribution in [3.63, 3.8) is 0 Å². The van der Waals surface area contributed by atoms with Crippen molar-refractivity contribution in [2.45, 2.75) is 33.2 Å². The summed E-state index contributed by atoms with van der Waals surface area (Å²) >= 11 is 0. The number of anilines is 1. The third-order valence-electron chi connectivity index (χ3n) is 4.78. The van der Waals surface area contributed by atoms with Gasteiger partial charge in [0.2, 0.25) is 5.91 Å². The standard InChI is InChI=1S/C20H21N5O2/c1-14-12-15(2)25(21-14)18-9-10-19(26)24(22-18)13-20(27)23-11-5-7-16-6-3-4-8-17(16)23/h3-4,6,8-10,12H,5,7,11,13H2,1-2H3. The molecule has 0 saturated heterocycles. The summed E-state index contributed by atoms with van der Waals surface area (Å²) in [4.78, 5) is 26.9. The molecule has 7 nitrogen and oxygen atoms in total. The van der Waals surface area contributed by atoms with Crippen LogP contribution in [0.2, 0.25) is 0 Å². The molecular weight excluding hydrogens is 342 g/mol. The summed E-state index contributed by atoms with van der Waals surface area (Å²) in [5.74, 6) is 0.384. The average molecular weight is 363 g/mol. The van der Waals surface area contributed by atoms with Gasteiger partial charge in [-0.05, 0) is 50.5 Å². The molecule has 0 N–H and O–H groups in total. The van der Waals surface area contributed by atoms with E-state index in [0.29, 0.717) is 12.4 Å². The molecule has 3 heterocycles. The van der Waals surface area contributed by atoms with Gasteiger partial charge in [-0.3, -0.25) is 9.59 Å². The van der Waals surface area contributed by atoms with E-state index in [1.54, 1.807) is 15.6 Å². The molecule has 1 aromatic carbocycles. The van der Waals surface area contributed by atoms with E-state index in [1.165, 1.54) is 10.7 Å². The largest absolute Gasteiger partial charge is 0.311 e. The molecule has 0 radical (unpaired) electrons. The molecule has 3 aromatic rings. The van der Waals surface area contributed by atoms with Crippen molar-refractivity contribution in [1.82, 2.24) is 19.6 Å². The number of hydrogen-bond acceptors (Lipinski definition) is 4. The quantitative estimate of drug-likeness (QED) is 0.714. The molecule has 1 amide bonds. The van der Waals surface area contributed by atoms with Crippen LogP contribution in [0.4, 0.5) is 5.69 Å². The molecule has 0 bridgehead atoms. The third-order valence-corrected chi connectivity index (χ3v) is 4.78. The summed E-state index contributed by atoms with van der Waals surface area (Å²) in [7, 11) is 0. The monoisotopic (exact) mass is 363 g/mol. The van der Waals surface area contributed by atoms with Crippen molar-refractivity contribution in [2.24, 2.45) is 0 Å². The zero-order valence-electron chi connectivity index (χ0n) is 15.4. The molecule has 7 heteroatoms. The molecule has 27 heavy (non-hydrogen) atoms. The molecule has 0 spiro atoms. The highest BCUT2D eigenvalue weighted by Crippen LogP contribution is 2.26. The number of nitrogens with zero attached hydrogens (tertiary/aromatic N) is 5. The smallest absolute Gasteiger partial charge is 0.267 e. The van der Waals surface area contributed by atoms with Crippen LogP contribution in [0.5, 0.6) is 0 Å². The van der Waals surface area contributed by atoms with Gasteiger partial charge in [0, 0.05) is 24.0 Å². The number of para-hydroxylation sites is 1. The molecule has 0 aliphatic carbocycles. The van der Waals surface area contributed by atoms with Gasteiger partial charge in [0.1, 0.15) is 6.54 Å². The Morgan fingerprint density at radius 2 is 1.93 bits per heavy atom. The lowest BCUT2D eigenvalue weighted by Gasteiger charge is -2.29. The second kappa shape index (κ2) is 6.83. The molecule has 1 aliphatic heterocycles. The molecule has 2 aromatic heterocycles. The van der Waals surface area contributed by atoms with Crippen LogP contribution in [0.3, 0.4) is 0 Å². The maximum absolute atomic E-state index is 12.9. The van der Waals surface area contributed by atoms with Gasteiger partial charge in [0.05, 0.1) is 5.69 Å². The first kappa shape index (κ1) is 17.2. The Morgan fingerprint density at radius 3 is 2.70 bits per heavy atom. The van der Waals surface area contributed by atoms with Crippen LogP contribution in [-0.2, 0) is 17.8 Å². The Bertz CT molecular complexity index is 1070. The minimum atomic E-state index is -0.307. The molecular formula is C20H21N5O2. The van der Waals surface area contributed by atoms with E-state index in [1.807, 2.05) is 44.2 Å². The minimum Gasteiger partial charge on any atom is -0.311 e. The van der Waals surface area contributed by atoms with E-state index in [9.17, 15) is 9.59 Å². The molecule has 0 fully saturated rings. The zero-order valence-corrected chi connectivity index (χ0v) is 15.4. The molecule has 1 aliphatic rings. The van der Waals surface area contributed by atoms with Crippen molar-refractivity contribution < 1.29 is 4.79 Å². The first-order valence-electron chi connectivity index (χ1n) is 9.03. The maximum Gasteiger partial charge on any atom is 0.267 e. The number of amides is 1. The number of hydrogen-bond donors (Lipinski definition) is 0. The van der Waals surface area contributed by atoms with E-state index in [-0.39, 0.29) is 18.0 Å². The Hall–Kier alpha value is -3.22. The molecule has 0 atom stereocenters. The van der Waals surface area contributed by atoms with Gasteiger partial charge in [-0.2, -0.15) is 5.10 Å². The fraction of sp³-hybridized carbons (Fsp3) is 0.300. The highest BCUT2D eigenvalue weighted by molar-refractivity contribution is 5.94. The zero-order chi connectivity index (χ0) is 19.0. The van der Waals surface area contributed by atoms with Crippen molar-refractivity contribution in [1.29, 1.82) is 0 Å². The van der Waals surface area contributed by atoms with Crippen LogP contribution >= 0.6 is 0 Å². The molecule has 138 valence electrons. The summed E-state index contributed by atoms with van der Waals surface area (Å²) in [6.45, 7) is 4.38. The number of aryl methyl sites for hydroxylation is 3. The van der Waals surface area contributed by atoms with Gasteiger partial charge in [0.25, 0.3) is 5.56 Å². The van der Waals surface area contributed by atoms with Crippen LogP contribution in [0, 0.1) is 13.8 Å². The Balaban J connectivity index is 1.63. The highest BCUT2D eigenvalue weighted by atomic mass is 16.2. The molecule has 4 rings (SSSR count). The molecule has 0 unspecified atom stereocenters. The maximum atomic E-state index is 12.9. The minimum absolute atomic E-state index is 0.0969. The lowest BCUT2D eigenvalue weighted by atomic mass is 10.0. The number of aromatic nitrogens is 4. The number of rotatable bonds is 3. The second-order valence-corrected chi connectivity index (χ2v) is 6.80. The van der Waals surface area contributed by atoms with Crippen molar-refractivity contribution in [3.05, 3.63) is 69.8 Å². The van der Waals surface area contributed by atoms with E-state index in [2.05, 4.69) is 10.2 Å². The van der Waals surface area contributed by atoms with Gasteiger partial charge in [-0.25, -0.2) is 9.36 Å². The fourth-order valence-corrected chi connectivity index (χ4v) is 3.53. The van der Waals surface area contributed by atoms with E-state index >= 15 is 0 Å². The first-order chi connectivity index (χ1) is 13.0.